The Morgan fingerprint density at radius 1 is 1.41 bits per heavy atom. The third kappa shape index (κ3) is 2.87. The first-order valence-corrected chi connectivity index (χ1v) is 6.69. The maximum atomic E-state index is 5.38. The Morgan fingerprint density at radius 3 is 2.88 bits per heavy atom. The van der Waals surface area contributed by atoms with Crippen molar-refractivity contribution < 1.29 is 4.52 Å². The van der Waals surface area contributed by atoms with Crippen LogP contribution in [0.4, 0.5) is 0 Å². The van der Waals surface area contributed by atoms with Gasteiger partial charge in [-0.05, 0) is 32.7 Å². The molecule has 4 heteroatoms. The second kappa shape index (κ2) is 4.78. The number of nitrogens with zero attached hydrogens (tertiary/aromatic N) is 2. The smallest absolute Gasteiger partial charge is 0.151 e. The van der Waals surface area contributed by atoms with Gasteiger partial charge in [-0.2, -0.15) is 0 Å². The van der Waals surface area contributed by atoms with Crippen LogP contribution in [0.2, 0.25) is 0 Å². The van der Waals surface area contributed by atoms with Crippen molar-refractivity contribution in [2.75, 3.05) is 7.05 Å². The predicted octanol–water partition coefficient (Wildman–Crippen LogP) is 1.91. The minimum Gasteiger partial charge on any atom is -0.360 e. The predicted molar refractivity (Wildman–Crippen MR) is 65.5 cm³/mol. The summed E-state index contributed by atoms with van der Waals surface area (Å²) in [5, 5.41) is 7.56. The molecule has 2 fully saturated rings. The molecular formula is C13H21N3O. The highest BCUT2D eigenvalue weighted by molar-refractivity contribution is 5.06. The fraction of sp³-hybridized carbons (Fsp3) is 0.769. The van der Waals surface area contributed by atoms with Gasteiger partial charge in [0.25, 0.3) is 0 Å². The number of nitrogens with one attached hydrogen (secondary N) is 1. The van der Waals surface area contributed by atoms with Crippen LogP contribution in [0.5, 0.6) is 0 Å². The van der Waals surface area contributed by atoms with E-state index in [1.807, 2.05) is 0 Å². The molecule has 17 heavy (non-hydrogen) atoms. The second-order valence-corrected chi connectivity index (χ2v) is 5.44. The van der Waals surface area contributed by atoms with E-state index in [4.69, 9.17) is 4.52 Å². The van der Waals surface area contributed by atoms with Crippen LogP contribution in [0.1, 0.15) is 43.6 Å². The largest absolute Gasteiger partial charge is 0.360 e. The molecule has 2 aliphatic rings. The number of hydrogen-bond donors (Lipinski definition) is 1. The van der Waals surface area contributed by atoms with Crippen molar-refractivity contribution in [1.82, 2.24) is 15.4 Å². The molecule has 0 amide bonds. The summed E-state index contributed by atoms with van der Waals surface area (Å²) < 4.78 is 5.38. The van der Waals surface area contributed by atoms with Gasteiger partial charge in [-0.1, -0.05) is 11.6 Å². The van der Waals surface area contributed by atoms with Gasteiger partial charge >= 0.3 is 0 Å². The maximum absolute atomic E-state index is 5.38. The molecule has 1 heterocycles. The van der Waals surface area contributed by atoms with Crippen molar-refractivity contribution >= 4 is 0 Å². The zero-order valence-corrected chi connectivity index (χ0v) is 10.5. The van der Waals surface area contributed by atoms with E-state index >= 15 is 0 Å². The highest BCUT2D eigenvalue weighted by Crippen LogP contribution is 2.25. The van der Waals surface area contributed by atoms with Gasteiger partial charge in [0, 0.05) is 24.7 Å². The molecule has 0 unspecified atom stereocenters. The van der Waals surface area contributed by atoms with Crippen molar-refractivity contribution in [2.45, 2.75) is 57.3 Å². The van der Waals surface area contributed by atoms with E-state index in [-0.39, 0.29) is 0 Å². The second-order valence-electron chi connectivity index (χ2n) is 5.44. The van der Waals surface area contributed by atoms with Crippen molar-refractivity contribution in [2.24, 2.45) is 0 Å². The maximum Gasteiger partial charge on any atom is 0.151 e. The van der Waals surface area contributed by atoms with Gasteiger partial charge in [-0.25, -0.2) is 0 Å². The summed E-state index contributed by atoms with van der Waals surface area (Å²) in [5.74, 6) is 0.993. The molecule has 94 valence electrons. The van der Waals surface area contributed by atoms with E-state index in [0.29, 0.717) is 0 Å². The Morgan fingerprint density at radius 2 is 2.24 bits per heavy atom. The lowest BCUT2D eigenvalue weighted by molar-refractivity contribution is 0.139. The monoisotopic (exact) mass is 235 g/mol. The number of hydrogen-bond acceptors (Lipinski definition) is 4. The van der Waals surface area contributed by atoms with Crippen LogP contribution >= 0.6 is 0 Å². The van der Waals surface area contributed by atoms with Crippen molar-refractivity contribution in [1.29, 1.82) is 0 Å². The Labute approximate surface area is 102 Å². The molecule has 3 rings (SSSR count). The molecule has 2 saturated carbocycles. The van der Waals surface area contributed by atoms with Gasteiger partial charge in [-0.15, -0.1) is 0 Å². The quantitative estimate of drug-likeness (QED) is 0.818. The SMILES string of the molecule is CN(Cc1cc(CNC2CC2)no1)C1CCC1. The van der Waals surface area contributed by atoms with Crippen LogP contribution in [0.15, 0.2) is 10.6 Å². The van der Waals surface area contributed by atoms with Gasteiger partial charge in [0.2, 0.25) is 0 Å². The van der Waals surface area contributed by atoms with Crippen LogP contribution in [0.25, 0.3) is 0 Å². The first-order chi connectivity index (χ1) is 8.31. The highest BCUT2D eigenvalue weighted by atomic mass is 16.5. The Hall–Kier alpha value is -0.870. The molecular weight excluding hydrogens is 214 g/mol. The summed E-state index contributed by atoms with van der Waals surface area (Å²) in [6.07, 6.45) is 6.67. The van der Waals surface area contributed by atoms with Gasteiger partial charge in [0.1, 0.15) is 0 Å². The molecule has 0 spiro atoms. The first kappa shape index (κ1) is 11.2. The Bertz CT molecular complexity index is 368. The molecule has 1 N–H and O–H groups in total. The van der Waals surface area contributed by atoms with Crippen molar-refractivity contribution in [3.05, 3.63) is 17.5 Å². The van der Waals surface area contributed by atoms with Crippen LogP contribution in [-0.4, -0.2) is 29.2 Å². The summed E-state index contributed by atoms with van der Waals surface area (Å²) in [7, 11) is 2.18. The van der Waals surface area contributed by atoms with Gasteiger partial charge in [-0.3, -0.25) is 4.90 Å². The summed E-state index contributed by atoms with van der Waals surface area (Å²) in [6, 6.07) is 3.57. The van der Waals surface area contributed by atoms with E-state index < -0.39 is 0 Å². The normalized spacial score (nSPS) is 20.8. The molecule has 0 bridgehead atoms. The molecule has 0 atom stereocenters. The standard InChI is InChI=1S/C13H21N3O/c1-16(12-3-2-4-12)9-13-7-11(15-17-13)8-14-10-5-6-10/h7,10,12,14H,2-6,8-9H2,1H3. The molecule has 0 radical (unpaired) electrons. The minimum absolute atomic E-state index is 0.729. The first-order valence-electron chi connectivity index (χ1n) is 6.69. The summed E-state index contributed by atoms with van der Waals surface area (Å²) >= 11 is 0. The Balaban J connectivity index is 1.48. The third-order valence-electron chi connectivity index (χ3n) is 3.86. The average molecular weight is 235 g/mol. The van der Waals surface area contributed by atoms with E-state index in [0.717, 1.165) is 36.6 Å². The van der Waals surface area contributed by atoms with Crippen molar-refractivity contribution in [3.63, 3.8) is 0 Å². The third-order valence-corrected chi connectivity index (χ3v) is 3.86. The summed E-state index contributed by atoms with van der Waals surface area (Å²) in [4.78, 5) is 2.38. The van der Waals surface area contributed by atoms with Crippen LogP contribution < -0.4 is 5.32 Å². The van der Waals surface area contributed by atoms with Gasteiger partial charge in [0.05, 0.1) is 12.2 Å². The lowest BCUT2D eigenvalue weighted by Crippen LogP contribution is -2.36. The molecule has 0 saturated heterocycles. The van der Waals surface area contributed by atoms with Gasteiger partial charge < -0.3 is 9.84 Å². The lowest BCUT2D eigenvalue weighted by Gasteiger charge is -2.33. The fourth-order valence-electron chi connectivity index (χ4n) is 2.25. The van der Waals surface area contributed by atoms with E-state index in [1.54, 1.807) is 0 Å². The van der Waals surface area contributed by atoms with Crippen molar-refractivity contribution in [3.8, 4) is 0 Å². The Kier molecular flexibility index (Phi) is 3.16. The van der Waals surface area contributed by atoms with E-state index in [1.165, 1.54) is 32.1 Å². The van der Waals surface area contributed by atoms with Crippen LogP contribution in [0.3, 0.4) is 0 Å². The van der Waals surface area contributed by atoms with E-state index in [9.17, 15) is 0 Å². The molecule has 4 nitrogen and oxygen atoms in total. The fourth-order valence-corrected chi connectivity index (χ4v) is 2.25. The van der Waals surface area contributed by atoms with E-state index in [2.05, 4.69) is 28.5 Å². The molecule has 2 aliphatic carbocycles. The van der Waals surface area contributed by atoms with Gasteiger partial charge in [0.15, 0.2) is 5.76 Å². The van der Waals surface area contributed by atoms with Crippen LogP contribution in [-0.2, 0) is 13.1 Å². The minimum atomic E-state index is 0.729. The number of aromatic nitrogens is 1. The zero-order valence-electron chi connectivity index (χ0n) is 10.5. The van der Waals surface area contributed by atoms with Crippen LogP contribution in [0, 0.1) is 0 Å². The topological polar surface area (TPSA) is 41.3 Å². The molecule has 1 aromatic heterocycles. The molecule has 0 aromatic carbocycles. The zero-order chi connectivity index (χ0) is 11.7. The molecule has 1 aromatic rings. The molecule has 0 aliphatic heterocycles. The summed E-state index contributed by atoms with van der Waals surface area (Å²) in [6.45, 7) is 1.74. The summed E-state index contributed by atoms with van der Waals surface area (Å²) in [5.41, 5.74) is 1.04. The average Bonchev–Trinajstić information content (AvgIpc) is 2.95. The lowest BCUT2D eigenvalue weighted by atomic mass is 9.92. The highest BCUT2D eigenvalue weighted by Gasteiger charge is 2.23. The number of rotatable bonds is 6.